The van der Waals surface area contributed by atoms with Crippen molar-refractivity contribution in [1.29, 1.82) is 0 Å². The van der Waals surface area contributed by atoms with Crippen LogP contribution in [-0.4, -0.2) is 28.6 Å². The third kappa shape index (κ3) is 3.52. The lowest BCUT2D eigenvalue weighted by atomic mass is 10.1. The lowest BCUT2D eigenvalue weighted by molar-refractivity contribution is -0.142. The third-order valence-electron chi connectivity index (χ3n) is 3.32. The molecule has 1 aromatic rings. The van der Waals surface area contributed by atoms with E-state index in [1.807, 2.05) is 0 Å². The number of hydrogen-bond donors (Lipinski definition) is 1. The van der Waals surface area contributed by atoms with Crippen molar-refractivity contribution in [2.24, 2.45) is 0 Å². The van der Waals surface area contributed by atoms with Crippen molar-refractivity contribution < 1.29 is 23.1 Å². The number of rotatable bonds is 3. The normalized spacial score (nSPS) is 20.3. The molecule has 1 N–H and O–H groups in total. The minimum absolute atomic E-state index is 0.208. The minimum Gasteiger partial charge on any atom is -0.480 e. The Morgan fingerprint density at radius 2 is 2.10 bits per heavy atom. The van der Waals surface area contributed by atoms with Crippen LogP contribution in [0.25, 0.3) is 0 Å². The summed E-state index contributed by atoms with van der Waals surface area (Å²) in [6, 6.07) is 3.07. The number of alkyl halides is 3. The second-order valence-corrected chi connectivity index (χ2v) is 5.73. The van der Waals surface area contributed by atoms with Crippen molar-refractivity contribution in [3.63, 3.8) is 0 Å². The van der Waals surface area contributed by atoms with E-state index in [4.69, 9.17) is 5.11 Å². The molecule has 110 valence electrons. The monoisotopic (exact) mass is 351 g/mol. The summed E-state index contributed by atoms with van der Waals surface area (Å²) in [5.74, 6) is -0.923. The summed E-state index contributed by atoms with van der Waals surface area (Å²) in [5.41, 5.74) is -0.271. The van der Waals surface area contributed by atoms with E-state index >= 15 is 0 Å². The maximum atomic E-state index is 12.7. The molecule has 1 saturated heterocycles. The van der Waals surface area contributed by atoms with Crippen molar-refractivity contribution in [3.05, 3.63) is 33.8 Å². The van der Waals surface area contributed by atoms with E-state index in [1.54, 1.807) is 11.0 Å². The molecule has 1 aromatic carbocycles. The molecule has 7 heteroatoms. The second kappa shape index (κ2) is 5.73. The molecule has 0 spiro atoms. The van der Waals surface area contributed by atoms with Crippen molar-refractivity contribution in [3.8, 4) is 0 Å². The van der Waals surface area contributed by atoms with Crippen LogP contribution in [0.5, 0.6) is 0 Å². The van der Waals surface area contributed by atoms with Crippen LogP contribution >= 0.6 is 15.9 Å². The number of likely N-dealkylation sites (tertiary alicyclic amines) is 1. The number of carbonyl (C=O) groups is 1. The molecule has 0 aromatic heterocycles. The summed E-state index contributed by atoms with van der Waals surface area (Å²) in [6.07, 6.45) is -3.12. The van der Waals surface area contributed by atoms with Gasteiger partial charge in [-0.1, -0.05) is 15.9 Å². The molecule has 0 amide bonds. The van der Waals surface area contributed by atoms with Crippen molar-refractivity contribution in [2.75, 3.05) is 6.54 Å². The summed E-state index contributed by atoms with van der Waals surface area (Å²) in [5, 5.41) is 9.07. The third-order valence-corrected chi connectivity index (χ3v) is 3.78. The highest BCUT2D eigenvalue weighted by molar-refractivity contribution is 9.10. The SMILES string of the molecule is O=C(O)C1CCCN1Cc1cc(Br)cc(C(F)(F)F)c1. The van der Waals surface area contributed by atoms with Crippen LogP contribution in [0.1, 0.15) is 24.0 Å². The lowest BCUT2D eigenvalue weighted by Gasteiger charge is -2.21. The van der Waals surface area contributed by atoms with E-state index in [0.29, 0.717) is 23.0 Å². The van der Waals surface area contributed by atoms with Gasteiger partial charge in [0.05, 0.1) is 5.56 Å². The summed E-state index contributed by atoms with van der Waals surface area (Å²) in [4.78, 5) is 12.8. The number of nitrogens with zero attached hydrogens (tertiary/aromatic N) is 1. The van der Waals surface area contributed by atoms with Crippen LogP contribution in [0.15, 0.2) is 22.7 Å². The zero-order chi connectivity index (χ0) is 14.9. The van der Waals surface area contributed by atoms with Gasteiger partial charge >= 0.3 is 12.1 Å². The largest absolute Gasteiger partial charge is 0.480 e. The topological polar surface area (TPSA) is 40.5 Å². The number of carboxylic acids is 1. The first-order chi connectivity index (χ1) is 9.27. The molecule has 1 atom stereocenters. The number of carboxylic acid groups (broad SMARTS) is 1. The molecule has 0 radical (unpaired) electrons. The van der Waals surface area contributed by atoms with Crippen molar-refractivity contribution in [1.82, 2.24) is 4.90 Å². The first-order valence-electron chi connectivity index (χ1n) is 6.11. The fourth-order valence-corrected chi connectivity index (χ4v) is 2.98. The molecule has 1 unspecified atom stereocenters. The maximum Gasteiger partial charge on any atom is 0.416 e. The Bertz CT molecular complexity index is 519. The number of hydrogen-bond acceptors (Lipinski definition) is 2. The van der Waals surface area contributed by atoms with Crippen LogP contribution in [0.3, 0.4) is 0 Å². The van der Waals surface area contributed by atoms with Gasteiger partial charge in [-0.25, -0.2) is 0 Å². The lowest BCUT2D eigenvalue weighted by Crippen LogP contribution is -2.35. The molecule has 2 rings (SSSR count). The molecule has 0 saturated carbocycles. The number of aliphatic carboxylic acids is 1. The summed E-state index contributed by atoms with van der Waals surface area (Å²) >= 11 is 3.06. The summed E-state index contributed by atoms with van der Waals surface area (Å²) < 4.78 is 38.6. The molecular weight excluding hydrogens is 339 g/mol. The Kier molecular flexibility index (Phi) is 4.39. The van der Waals surface area contributed by atoms with Gasteiger partial charge in [0, 0.05) is 11.0 Å². The minimum atomic E-state index is -4.41. The molecule has 20 heavy (non-hydrogen) atoms. The highest BCUT2D eigenvalue weighted by atomic mass is 79.9. The number of halogens is 4. The van der Waals surface area contributed by atoms with Crippen LogP contribution in [-0.2, 0) is 17.5 Å². The molecule has 0 bridgehead atoms. The quantitative estimate of drug-likeness (QED) is 0.905. The van der Waals surface area contributed by atoms with E-state index in [1.165, 1.54) is 0 Å². The van der Waals surface area contributed by atoms with E-state index in [2.05, 4.69) is 15.9 Å². The molecular formula is C13H13BrF3NO2. The van der Waals surface area contributed by atoms with Gasteiger partial charge in [0.1, 0.15) is 6.04 Å². The smallest absolute Gasteiger partial charge is 0.416 e. The Morgan fingerprint density at radius 1 is 1.40 bits per heavy atom. The zero-order valence-corrected chi connectivity index (χ0v) is 12.0. The molecule has 0 aliphatic carbocycles. The van der Waals surface area contributed by atoms with Gasteiger partial charge in [-0.15, -0.1) is 0 Å². The van der Waals surface area contributed by atoms with Gasteiger partial charge in [-0.2, -0.15) is 13.2 Å². The fraction of sp³-hybridized carbons (Fsp3) is 0.462. The Morgan fingerprint density at radius 3 is 2.70 bits per heavy atom. The average molecular weight is 352 g/mol. The molecule has 1 fully saturated rings. The Balaban J connectivity index is 2.21. The second-order valence-electron chi connectivity index (χ2n) is 4.81. The van der Waals surface area contributed by atoms with Gasteiger partial charge in [0.25, 0.3) is 0 Å². The molecule has 1 aliphatic heterocycles. The first kappa shape index (κ1) is 15.3. The summed E-state index contributed by atoms with van der Waals surface area (Å²) in [6.45, 7) is 0.796. The van der Waals surface area contributed by atoms with Crippen LogP contribution in [0, 0.1) is 0 Å². The highest BCUT2D eigenvalue weighted by Gasteiger charge is 2.33. The number of benzene rings is 1. The first-order valence-corrected chi connectivity index (χ1v) is 6.90. The predicted octanol–water partition coefficient (Wildman–Crippen LogP) is 3.52. The van der Waals surface area contributed by atoms with Crippen LogP contribution < -0.4 is 0 Å². The predicted molar refractivity (Wildman–Crippen MR) is 70.2 cm³/mol. The van der Waals surface area contributed by atoms with Crippen LogP contribution in [0.2, 0.25) is 0 Å². The maximum absolute atomic E-state index is 12.7. The van der Waals surface area contributed by atoms with Crippen molar-refractivity contribution in [2.45, 2.75) is 31.6 Å². The van der Waals surface area contributed by atoms with E-state index in [-0.39, 0.29) is 6.54 Å². The Hall–Kier alpha value is -1.08. The van der Waals surface area contributed by atoms with E-state index in [9.17, 15) is 18.0 Å². The Labute approximate surface area is 122 Å². The average Bonchev–Trinajstić information content (AvgIpc) is 2.75. The summed E-state index contributed by atoms with van der Waals surface area (Å²) in [7, 11) is 0. The zero-order valence-electron chi connectivity index (χ0n) is 10.5. The van der Waals surface area contributed by atoms with Gasteiger partial charge < -0.3 is 5.11 Å². The highest BCUT2D eigenvalue weighted by Crippen LogP contribution is 2.32. The van der Waals surface area contributed by atoms with Gasteiger partial charge in [-0.05, 0) is 43.1 Å². The van der Waals surface area contributed by atoms with E-state index < -0.39 is 23.8 Å². The molecule has 1 aliphatic rings. The van der Waals surface area contributed by atoms with Gasteiger partial charge in [0.15, 0.2) is 0 Å². The fourth-order valence-electron chi connectivity index (χ4n) is 2.43. The molecule has 3 nitrogen and oxygen atoms in total. The standard InChI is InChI=1S/C13H13BrF3NO2/c14-10-5-8(4-9(6-10)13(15,16)17)7-18-3-1-2-11(18)12(19)20/h4-6,11H,1-3,7H2,(H,19,20). The van der Waals surface area contributed by atoms with Crippen LogP contribution in [0.4, 0.5) is 13.2 Å². The van der Waals surface area contributed by atoms with E-state index in [0.717, 1.165) is 18.6 Å². The van der Waals surface area contributed by atoms with Gasteiger partial charge in [0.2, 0.25) is 0 Å². The molecule has 1 heterocycles. The van der Waals surface area contributed by atoms with Crippen molar-refractivity contribution >= 4 is 21.9 Å². The van der Waals surface area contributed by atoms with Gasteiger partial charge in [-0.3, -0.25) is 9.69 Å².